The topological polar surface area (TPSA) is 79.0 Å². The summed E-state index contributed by atoms with van der Waals surface area (Å²) in [6, 6.07) is 23.4. The van der Waals surface area contributed by atoms with Crippen molar-refractivity contribution in [1.82, 2.24) is 14.5 Å². The van der Waals surface area contributed by atoms with Crippen molar-refractivity contribution in [3.05, 3.63) is 99.7 Å². The first-order valence-electron chi connectivity index (χ1n) is 11.4. The van der Waals surface area contributed by atoms with E-state index in [1.54, 1.807) is 19.9 Å². The number of rotatable bonds is 3. The summed E-state index contributed by atoms with van der Waals surface area (Å²) in [5.74, 6) is 5.33. The number of para-hydroxylation sites is 1. The summed E-state index contributed by atoms with van der Waals surface area (Å²) in [5, 5.41) is 10.3. The zero-order valence-electron chi connectivity index (χ0n) is 19.6. The Morgan fingerprint density at radius 2 is 1.69 bits per heavy atom. The predicted molar refractivity (Wildman–Crippen MR) is 140 cm³/mol. The Kier molecular flexibility index (Phi) is 6.08. The number of fused-ring (bicyclic) bond motifs is 1. The molecule has 0 atom stereocenters. The van der Waals surface area contributed by atoms with E-state index in [1.807, 2.05) is 77.4 Å². The first-order chi connectivity index (χ1) is 17.5. The van der Waals surface area contributed by atoms with Gasteiger partial charge in [0.25, 0.3) is 11.8 Å². The molecule has 6 nitrogen and oxygen atoms in total. The van der Waals surface area contributed by atoms with E-state index in [0.29, 0.717) is 16.2 Å². The molecule has 0 fully saturated rings. The van der Waals surface area contributed by atoms with Crippen LogP contribution in [0.1, 0.15) is 30.1 Å². The van der Waals surface area contributed by atoms with Gasteiger partial charge in [-0.25, -0.2) is 4.98 Å². The molecule has 0 bridgehead atoms. The molecule has 2 amide bonds. The minimum Gasteiger partial charge on any atom is -0.294 e. The predicted octanol–water partition coefficient (Wildman–Crippen LogP) is 5.10. The molecule has 0 radical (unpaired) electrons. The number of aromatic nitrogens is 2. The molecule has 174 valence electrons. The molecule has 36 heavy (non-hydrogen) atoms. The van der Waals surface area contributed by atoms with Gasteiger partial charge in [0.1, 0.15) is 11.6 Å². The third-order valence-corrected chi connectivity index (χ3v) is 6.83. The molecule has 7 heteroatoms. The van der Waals surface area contributed by atoms with Crippen LogP contribution in [-0.4, -0.2) is 32.8 Å². The van der Waals surface area contributed by atoms with E-state index in [-0.39, 0.29) is 12.1 Å². The molecule has 4 aromatic rings. The highest BCUT2D eigenvalue weighted by Gasteiger charge is 2.34. The van der Waals surface area contributed by atoms with Crippen LogP contribution in [0, 0.1) is 23.2 Å². The van der Waals surface area contributed by atoms with Crippen LogP contribution in [0.15, 0.2) is 83.4 Å². The fraction of sp³-hybridized carbons (Fsp3) is 0.103. The van der Waals surface area contributed by atoms with Gasteiger partial charge in [-0.15, -0.1) is 11.3 Å². The van der Waals surface area contributed by atoms with Crippen molar-refractivity contribution in [2.45, 2.75) is 13.8 Å². The van der Waals surface area contributed by atoms with E-state index in [4.69, 9.17) is 4.98 Å². The minimum absolute atomic E-state index is 0.0149. The maximum absolute atomic E-state index is 13.2. The number of thiazole rings is 1. The van der Waals surface area contributed by atoms with E-state index >= 15 is 0 Å². The van der Waals surface area contributed by atoms with E-state index in [0.717, 1.165) is 32.2 Å². The van der Waals surface area contributed by atoms with Gasteiger partial charge in [0.05, 0.1) is 4.70 Å². The van der Waals surface area contributed by atoms with Gasteiger partial charge in [-0.3, -0.25) is 19.1 Å². The number of nitriles is 1. The number of benzene rings is 2. The zero-order chi connectivity index (χ0) is 25.2. The van der Waals surface area contributed by atoms with Crippen molar-refractivity contribution in [1.29, 1.82) is 5.26 Å². The zero-order valence-corrected chi connectivity index (χ0v) is 20.5. The number of carbonyl (C=O) groups excluding carboxylic acids is 2. The fourth-order valence-electron chi connectivity index (χ4n) is 4.12. The van der Waals surface area contributed by atoms with E-state index in [1.165, 1.54) is 11.3 Å². The third-order valence-electron chi connectivity index (χ3n) is 5.92. The molecule has 0 spiro atoms. The number of imide groups is 1. The van der Waals surface area contributed by atoms with Crippen molar-refractivity contribution in [2.75, 3.05) is 6.54 Å². The number of hydrogen-bond acceptors (Lipinski definition) is 5. The van der Waals surface area contributed by atoms with Crippen LogP contribution in [0.5, 0.6) is 0 Å². The number of amides is 2. The number of carbonyl (C=O) groups is 2. The van der Waals surface area contributed by atoms with E-state index < -0.39 is 11.8 Å². The summed E-state index contributed by atoms with van der Waals surface area (Å²) in [6.07, 6.45) is 1.74. The smallest absolute Gasteiger partial charge is 0.271 e. The Morgan fingerprint density at radius 3 is 2.36 bits per heavy atom. The average molecular weight is 489 g/mol. The molecule has 0 aliphatic carbocycles. The van der Waals surface area contributed by atoms with Crippen molar-refractivity contribution in [3.63, 3.8) is 0 Å². The van der Waals surface area contributed by atoms with Crippen LogP contribution >= 0.6 is 11.3 Å². The number of likely N-dealkylation sites (N-methyl/N-ethyl adjacent to an activating group) is 1. The molecule has 0 saturated heterocycles. The minimum atomic E-state index is -0.553. The summed E-state index contributed by atoms with van der Waals surface area (Å²) >= 11 is 1.47. The van der Waals surface area contributed by atoms with Gasteiger partial charge in [-0.05, 0) is 61.7 Å². The molecule has 1 aliphatic heterocycles. The van der Waals surface area contributed by atoms with Crippen LogP contribution in [0.2, 0.25) is 0 Å². The number of hydrogen-bond donors (Lipinski definition) is 0. The van der Waals surface area contributed by atoms with Gasteiger partial charge in [0.15, 0.2) is 10.7 Å². The summed E-state index contributed by atoms with van der Waals surface area (Å²) in [7, 11) is 0. The fourth-order valence-corrected chi connectivity index (χ4v) is 4.97. The molecular formula is C29H20N4O2S. The summed E-state index contributed by atoms with van der Waals surface area (Å²) in [5.41, 5.74) is 3.92. The molecule has 5 rings (SSSR count). The van der Waals surface area contributed by atoms with Gasteiger partial charge in [-0.2, -0.15) is 5.26 Å². The van der Waals surface area contributed by atoms with E-state index in [9.17, 15) is 14.9 Å². The van der Waals surface area contributed by atoms with Crippen molar-refractivity contribution < 1.29 is 9.59 Å². The average Bonchev–Trinajstić information content (AvgIpc) is 3.44. The third kappa shape index (κ3) is 4.02. The Morgan fingerprint density at radius 1 is 1.00 bits per heavy atom. The highest BCUT2D eigenvalue weighted by Crippen LogP contribution is 2.32. The second-order valence-electron chi connectivity index (χ2n) is 8.09. The monoisotopic (exact) mass is 488 g/mol. The second-order valence-corrected chi connectivity index (χ2v) is 9.12. The molecule has 2 aromatic heterocycles. The lowest BCUT2D eigenvalue weighted by Crippen LogP contribution is -2.42. The first kappa shape index (κ1) is 23.0. The quantitative estimate of drug-likeness (QED) is 0.228. The Bertz CT molecular complexity index is 1670. The molecule has 0 N–H and O–H groups in total. The SMILES string of the molecule is CCN1C(=O)C(C#N)=C(C)/C(=C/c2cc3sc(C#Cc4ccccc4)nc3n2-c2ccccc2)C1=O. The van der Waals surface area contributed by atoms with Gasteiger partial charge >= 0.3 is 0 Å². The molecule has 1 aliphatic rings. The maximum atomic E-state index is 13.2. The van der Waals surface area contributed by atoms with Crippen molar-refractivity contribution in [2.24, 2.45) is 0 Å². The van der Waals surface area contributed by atoms with Gasteiger partial charge < -0.3 is 0 Å². The highest BCUT2D eigenvalue weighted by atomic mass is 32.1. The molecule has 2 aromatic carbocycles. The van der Waals surface area contributed by atoms with Gasteiger partial charge in [-0.1, -0.05) is 42.3 Å². The first-order valence-corrected chi connectivity index (χ1v) is 12.2. The maximum Gasteiger partial charge on any atom is 0.271 e. The lowest BCUT2D eigenvalue weighted by molar-refractivity contribution is -0.140. The lowest BCUT2D eigenvalue weighted by atomic mass is 9.94. The Balaban J connectivity index is 1.68. The standard InChI is InChI=1S/C29H20N4O2S/c1-3-32-28(34)23(19(2)24(18-30)29(32)35)16-22-17-25-27(33(22)21-12-8-5-9-13-21)31-26(36-25)15-14-20-10-6-4-7-11-20/h4-13,16-17H,3H2,1-2H3/b23-16-. The van der Waals surface area contributed by atoms with Crippen LogP contribution in [0.3, 0.4) is 0 Å². The normalized spacial score (nSPS) is 14.8. The lowest BCUT2D eigenvalue weighted by Gasteiger charge is -2.26. The van der Waals surface area contributed by atoms with Gasteiger partial charge in [0.2, 0.25) is 0 Å². The summed E-state index contributed by atoms with van der Waals surface area (Å²) < 4.78 is 2.88. The van der Waals surface area contributed by atoms with Crippen LogP contribution in [-0.2, 0) is 9.59 Å². The molecule has 3 heterocycles. The molecule has 0 unspecified atom stereocenters. The molecule has 0 saturated carbocycles. The van der Waals surface area contributed by atoms with E-state index in [2.05, 4.69) is 11.8 Å². The largest absolute Gasteiger partial charge is 0.294 e. The van der Waals surface area contributed by atoms with Crippen molar-refractivity contribution >= 4 is 39.6 Å². The van der Waals surface area contributed by atoms with Crippen LogP contribution in [0.25, 0.3) is 22.1 Å². The van der Waals surface area contributed by atoms with Crippen LogP contribution < -0.4 is 0 Å². The highest BCUT2D eigenvalue weighted by molar-refractivity contribution is 7.19. The number of nitrogens with zero attached hydrogens (tertiary/aromatic N) is 4. The summed E-state index contributed by atoms with van der Waals surface area (Å²) in [6.45, 7) is 3.54. The van der Waals surface area contributed by atoms with Crippen LogP contribution in [0.4, 0.5) is 0 Å². The van der Waals surface area contributed by atoms with Gasteiger partial charge in [0, 0.05) is 29.1 Å². The second kappa shape index (κ2) is 9.50. The Hall–Kier alpha value is -4.72. The Labute approximate surface area is 212 Å². The van der Waals surface area contributed by atoms with Crippen molar-refractivity contribution in [3.8, 4) is 23.6 Å². The molecular weight excluding hydrogens is 468 g/mol. The summed E-state index contributed by atoms with van der Waals surface area (Å²) in [4.78, 5) is 31.6.